The molecule has 7 nitrogen and oxygen atoms in total. The van der Waals surface area contributed by atoms with Crippen molar-refractivity contribution in [3.63, 3.8) is 0 Å². The van der Waals surface area contributed by atoms with Crippen molar-refractivity contribution in [3.05, 3.63) is 45.5 Å². The molecule has 2 rings (SSSR count). The van der Waals surface area contributed by atoms with Crippen molar-refractivity contribution >= 4 is 34.1 Å². The molecule has 116 valence electrons. The van der Waals surface area contributed by atoms with Gasteiger partial charge in [0.1, 0.15) is 0 Å². The Morgan fingerprint density at radius 1 is 1.36 bits per heavy atom. The zero-order valence-corrected chi connectivity index (χ0v) is 13.2. The molecular weight excluding hydrogens is 302 g/mol. The number of nitrogens with one attached hydrogen (secondary N) is 1. The summed E-state index contributed by atoms with van der Waals surface area (Å²) in [6, 6.07) is 6.10. The largest absolute Gasteiger partial charge is 0.349 e. The van der Waals surface area contributed by atoms with E-state index in [2.05, 4.69) is 34.3 Å². The van der Waals surface area contributed by atoms with Gasteiger partial charge in [0, 0.05) is 31.4 Å². The first-order chi connectivity index (χ1) is 10.6. The molecule has 0 unspecified atom stereocenters. The number of non-ortho nitro benzene ring substituents is 1. The molecule has 0 amide bonds. The number of nitro groups is 1. The number of benzene rings is 1. The Kier molecular flexibility index (Phi) is 5.42. The summed E-state index contributed by atoms with van der Waals surface area (Å²) >= 11 is 1.57. The van der Waals surface area contributed by atoms with Crippen molar-refractivity contribution in [1.29, 1.82) is 0 Å². The number of rotatable bonds is 7. The van der Waals surface area contributed by atoms with Crippen LogP contribution in [0.15, 0.2) is 35.6 Å². The molecule has 0 aliphatic rings. The molecule has 1 N–H and O–H groups in total. The minimum absolute atomic E-state index is 0.0563. The van der Waals surface area contributed by atoms with Gasteiger partial charge >= 0.3 is 0 Å². The van der Waals surface area contributed by atoms with Crippen LogP contribution in [-0.2, 0) is 0 Å². The summed E-state index contributed by atoms with van der Waals surface area (Å²) in [6.07, 6.45) is 3.46. The minimum Gasteiger partial charge on any atom is -0.349 e. The van der Waals surface area contributed by atoms with Crippen LogP contribution in [-0.4, -0.2) is 29.2 Å². The van der Waals surface area contributed by atoms with E-state index in [1.165, 1.54) is 12.1 Å². The van der Waals surface area contributed by atoms with Crippen molar-refractivity contribution in [2.24, 2.45) is 5.10 Å². The fraction of sp³-hybridized carbons (Fsp3) is 0.286. The highest BCUT2D eigenvalue weighted by molar-refractivity contribution is 7.17. The van der Waals surface area contributed by atoms with Crippen molar-refractivity contribution < 1.29 is 4.92 Å². The molecule has 0 spiro atoms. The standard InChI is InChI=1S/C14H17N5O2S/c1-3-18(4-2)14-15-9-13(22-14)10-16-17-11-5-7-12(8-6-11)19(20)21/h5-10,17H,3-4H2,1-2H3/b16-10+. The van der Waals surface area contributed by atoms with Gasteiger partial charge in [0.05, 0.1) is 21.7 Å². The number of hydrogen-bond acceptors (Lipinski definition) is 7. The first-order valence-corrected chi connectivity index (χ1v) is 7.70. The van der Waals surface area contributed by atoms with Crippen LogP contribution in [0.2, 0.25) is 0 Å². The summed E-state index contributed by atoms with van der Waals surface area (Å²) in [4.78, 5) is 17.6. The topological polar surface area (TPSA) is 83.7 Å². The van der Waals surface area contributed by atoms with E-state index in [-0.39, 0.29) is 5.69 Å². The molecule has 22 heavy (non-hydrogen) atoms. The van der Waals surface area contributed by atoms with Gasteiger partial charge in [0.2, 0.25) is 0 Å². The van der Waals surface area contributed by atoms with Crippen LogP contribution in [0.1, 0.15) is 18.7 Å². The number of nitrogens with zero attached hydrogens (tertiary/aromatic N) is 4. The monoisotopic (exact) mass is 319 g/mol. The highest BCUT2D eigenvalue weighted by Gasteiger charge is 2.06. The maximum atomic E-state index is 10.6. The quantitative estimate of drug-likeness (QED) is 0.481. The van der Waals surface area contributed by atoms with E-state index >= 15 is 0 Å². The minimum atomic E-state index is -0.431. The molecule has 0 bridgehead atoms. The first kappa shape index (κ1) is 15.9. The molecular formula is C14H17N5O2S. The number of nitro benzene ring substituents is 1. The number of hydrogen-bond donors (Lipinski definition) is 1. The summed E-state index contributed by atoms with van der Waals surface area (Å²) in [5.41, 5.74) is 3.58. The van der Waals surface area contributed by atoms with E-state index < -0.39 is 4.92 Å². The normalized spacial score (nSPS) is 10.8. The van der Waals surface area contributed by atoms with Crippen LogP contribution in [0.4, 0.5) is 16.5 Å². The predicted molar refractivity (Wildman–Crippen MR) is 90.0 cm³/mol. The maximum Gasteiger partial charge on any atom is 0.269 e. The van der Waals surface area contributed by atoms with Gasteiger partial charge in [-0.05, 0) is 26.0 Å². The Morgan fingerprint density at radius 2 is 2.05 bits per heavy atom. The number of anilines is 2. The number of aromatic nitrogens is 1. The summed E-state index contributed by atoms with van der Waals surface area (Å²) in [5.74, 6) is 0. The van der Waals surface area contributed by atoms with Crippen LogP contribution in [0.25, 0.3) is 0 Å². The molecule has 1 aromatic heterocycles. The van der Waals surface area contributed by atoms with Gasteiger partial charge in [0.25, 0.3) is 5.69 Å². The molecule has 0 aliphatic carbocycles. The summed E-state index contributed by atoms with van der Waals surface area (Å²) in [5, 5.41) is 15.7. The lowest BCUT2D eigenvalue weighted by molar-refractivity contribution is -0.384. The van der Waals surface area contributed by atoms with Gasteiger partial charge in [-0.15, -0.1) is 0 Å². The average molecular weight is 319 g/mol. The molecule has 0 radical (unpaired) electrons. The lowest BCUT2D eigenvalue weighted by Crippen LogP contribution is -2.21. The average Bonchev–Trinajstić information content (AvgIpc) is 2.98. The molecule has 1 heterocycles. The molecule has 0 atom stereocenters. The SMILES string of the molecule is CCN(CC)c1ncc(/C=N/Nc2ccc([N+](=O)[O-])cc2)s1. The number of hydrazone groups is 1. The fourth-order valence-electron chi connectivity index (χ4n) is 1.81. The second-order valence-electron chi connectivity index (χ2n) is 4.39. The molecule has 0 saturated heterocycles. The fourth-order valence-corrected chi connectivity index (χ4v) is 2.72. The van der Waals surface area contributed by atoms with Crippen molar-refractivity contribution in [1.82, 2.24) is 4.98 Å². The summed E-state index contributed by atoms with van der Waals surface area (Å²) in [6.45, 7) is 6.02. The van der Waals surface area contributed by atoms with E-state index in [9.17, 15) is 10.1 Å². The lowest BCUT2D eigenvalue weighted by atomic mass is 10.3. The van der Waals surface area contributed by atoms with Gasteiger partial charge in [-0.3, -0.25) is 15.5 Å². The summed E-state index contributed by atoms with van der Waals surface area (Å²) in [7, 11) is 0. The maximum absolute atomic E-state index is 10.6. The van der Waals surface area contributed by atoms with Gasteiger partial charge in [-0.1, -0.05) is 11.3 Å². The Balaban J connectivity index is 1.96. The third kappa shape index (κ3) is 4.01. The third-order valence-corrected chi connectivity index (χ3v) is 4.00. The van der Waals surface area contributed by atoms with E-state index in [1.807, 2.05) is 0 Å². The molecule has 0 fully saturated rings. The van der Waals surface area contributed by atoms with Gasteiger partial charge in [-0.2, -0.15) is 5.10 Å². The summed E-state index contributed by atoms with van der Waals surface area (Å²) < 4.78 is 0. The van der Waals surface area contributed by atoms with Crippen molar-refractivity contribution in [2.75, 3.05) is 23.4 Å². The first-order valence-electron chi connectivity index (χ1n) is 6.88. The lowest BCUT2D eigenvalue weighted by Gasteiger charge is -2.16. The zero-order chi connectivity index (χ0) is 15.9. The van der Waals surface area contributed by atoms with E-state index in [0.29, 0.717) is 5.69 Å². The van der Waals surface area contributed by atoms with Gasteiger partial charge in [-0.25, -0.2) is 4.98 Å². The van der Waals surface area contributed by atoms with E-state index in [0.717, 1.165) is 23.1 Å². The highest BCUT2D eigenvalue weighted by Crippen LogP contribution is 2.21. The van der Waals surface area contributed by atoms with Crippen LogP contribution >= 0.6 is 11.3 Å². The van der Waals surface area contributed by atoms with Crippen LogP contribution < -0.4 is 10.3 Å². The molecule has 0 saturated carbocycles. The second-order valence-corrected chi connectivity index (χ2v) is 5.43. The predicted octanol–water partition coefficient (Wildman–Crippen LogP) is 3.34. The molecule has 8 heteroatoms. The molecule has 1 aromatic carbocycles. The third-order valence-electron chi connectivity index (χ3n) is 3.01. The van der Waals surface area contributed by atoms with Crippen LogP contribution in [0.3, 0.4) is 0 Å². The highest BCUT2D eigenvalue weighted by atomic mass is 32.1. The number of thiazole rings is 1. The smallest absolute Gasteiger partial charge is 0.269 e. The zero-order valence-electron chi connectivity index (χ0n) is 12.4. The van der Waals surface area contributed by atoms with Crippen molar-refractivity contribution in [3.8, 4) is 0 Å². The van der Waals surface area contributed by atoms with Crippen LogP contribution in [0.5, 0.6) is 0 Å². The van der Waals surface area contributed by atoms with Crippen molar-refractivity contribution in [2.45, 2.75) is 13.8 Å². The van der Waals surface area contributed by atoms with Crippen LogP contribution in [0, 0.1) is 10.1 Å². The Labute approximate surface area is 132 Å². The Bertz CT molecular complexity index is 650. The van der Waals surface area contributed by atoms with E-state index in [1.54, 1.807) is 35.9 Å². The van der Waals surface area contributed by atoms with E-state index in [4.69, 9.17) is 0 Å². The van der Waals surface area contributed by atoms with Gasteiger partial charge in [0.15, 0.2) is 5.13 Å². The Hall–Kier alpha value is -2.48. The molecule has 0 aliphatic heterocycles. The second kappa shape index (κ2) is 7.51. The molecule has 2 aromatic rings. The Morgan fingerprint density at radius 3 is 2.64 bits per heavy atom. The van der Waals surface area contributed by atoms with Gasteiger partial charge < -0.3 is 4.90 Å².